The van der Waals surface area contributed by atoms with Crippen molar-refractivity contribution in [1.82, 2.24) is 19.8 Å². The van der Waals surface area contributed by atoms with Crippen molar-refractivity contribution in [3.05, 3.63) is 58.1 Å². The van der Waals surface area contributed by atoms with Gasteiger partial charge in [-0.3, -0.25) is 9.48 Å². The van der Waals surface area contributed by atoms with Crippen LogP contribution >= 0.6 is 0 Å². The van der Waals surface area contributed by atoms with E-state index in [4.69, 9.17) is 8.94 Å². The third-order valence-corrected chi connectivity index (χ3v) is 5.33. The number of fused-ring (bicyclic) bond motifs is 1. The number of amides is 1. The van der Waals surface area contributed by atoms with E-state index in [1.165, 1.54) is 11.3 Å². The van der Waals surface area contributed by atoms with Crippen molar-refractivity contribution in [2.75, 3.05) is 0 Å². The van der Waals surface area contributed by atoms with Gasteiger partial charge in [-0.2, -0.15) is 5.10 Å². The van der Waals surface area contributed by atoms with Gasteiger partial charge in [-0.15, -0.1) is 0 Å². The molecule has 0 spiro atoms. The summed E-state index contributed by atoms with van der Waals surface area (Å²) in [5, 5.41) is 8.64. The van der Waals surface area contributed by atoms with E-state index in [1.54, 1.807) is 6.26 Å². The van der Waals surface area contributed by atoms with Crippen LogP contribution in [0.4, 0.5) is 0 Å². The van der Waals surface area contributed by atoms with Gasteiger partial charge in [-0.1, -0.05) is 5.16 Å². The highest BCUT2D eigenvalue weighted by Crippen LogP contribution is 2.26. The van der Waals surface area contributed by atoms with Crippen LogP contribution in [0.3, 0.4) is 0 Å². The second kappa shape index (κ2) is 7.06. The fraction of sp³-hybridized carbons (Fsp3) is 0.450. The van der Waals surface area contributed by atoms with Crippen LogP contribution in [0, 0.1) is 13.8 Å². The maximum atomic E-state index is 13.1. The molecule has 0 bridgehead atoms. The molecular weight excluding hydrogens is 344 g/mol. The summed E-state index contributed by atoms with van der Waals surface area (Å²) < 4.78 is 12.7. The van der Waals surface area contributed by atoms with Gasteiger partial charge in [0.25, 0.3) is 0 Å². The minimum Gasteiger partial charge on any atom is -0.467 e. The zero-order chi connectivity index (χ0) is 19.0. The Morgan fingerprint density at radius 3 is 2.85 bits per heavy atom. The van der Waals surface area contributed by atoms with Crippen LogP contribution in [-0.2, 0) is 44.2 Å². The van der Waals surface area contributed by atoms with Gasteiger partial charge in [0, 0.05) is 18.3 Å². The van der Waals surface area contributed by atoms with Crippen molar-refractivity contribution < 1.29 is 13.7 Å². The van der Waals surface area contributed by atoms with Gasteiger partial charge in [0.05, 0.1) is 37.2 Å². The van der Waals surface area contributed by atoms with Crippen molar-refractivity contribution in [3.63, 3.8) is 0 Å². The number of aryl methyl sites for hydroxylation is 3. The second-order valence-corrected chi connectivity index (χ2v) is 7.16. The van der Waals surface area contributed by atoms with Crippen LogP contribution in [0.15, 0.2) is 27.3 Å². The molecule has 7 heteroatoms. The molecule has 3 aromatic heterocycles. The summed E-state index contributed by atoms with van der Waals surface area (Å²) in [6, 6.07) is 3.73. The van der Waals surface area contributed by atoms with Crippen LogP contribution < -0.4 is 0 Å². The molecule has 0 saturated heterocycles. The number of aromatic nitrogens is 3. The third-order valence-electron chi connectivity index (χ3n) is 5.33. The lowest BCUT2D eigenvalue weighted by molar-refractivity contribution is -0.132. The minimum absolute atomic E-state index is 0.0122. The predicted molar refractivity (Wildman–Crippen MR) is 97.9 cm³/mol. The van der Waals surface area contributed by atoms with E-state index in [0.29, 0.717) is 18.8 Å². The van der Waals surface area contributed by atoms with Gasteiger partial charge in [0.1, 0.15) is 11.5 Å². The van der Waals surface area contributed by atoms with Crippen molar-refractivity contribution in [3.8, 4) is 0 Å². The van der Waals surface area contributed by atoms with Crippen molar-refractivity contribution >= 4 is 5.91 Å². The van der Waals surface area contributed by atoms with Crippen molar-refractivity contribution in [1.29, 1.82) is 0 Å². The Hall–Kier alpha value is -2.83. The lowest BCUT2D eigenvalue weighted by atomic mass is 10.1. The Labute approximate surface area is 157 Å². The normalized spacial score (nSPS) is 13.1. The Kier molecular flexibility index (Phi) is 4.59. The molecular formula is C20H24N4O3. The zero-order valence-electron chi connectivity index (χ0n) is 16.0. The smallest absolute Gasteiger partial charge is 0.227 e. The van der Waals surface area contributed by atoms with E-state index in [-0.39, 0.29) is 12.3 Å². The molecule has 1 amide bonds. The molecule has 0 N–H and O–H groups in total. The summed E-state index contributed by atoms with van der Waals surface area (Å²) in [5.74, 6) is 1.46. The predicted octanol–water partition coefficient (Wildman–Crippen LogP) is 2.88. The summed E-state index contributed by atoms with van der Waals surface area (Å²) >= 11 is 0. The first-order chi connectivity index (χ1) is 13.0. The SMILES string of the molecule is Cc1noc(C)c1CC(=O)N(Cc1ccco1)Cc1nn(C)c2c1CCC2. The summed E-state index contributed by atoms with van der Waals surface area (Å²) in [6.45, 7) is 4.60. The third kappa shape index (κ3) is 3.41. The van der Waals surface area contributed by atoms with Gasteiger partial charge < -0.3 is 13.8 Å². The van der Waals surface area contributed by atoms with Gasteiger partial charge in [0.15, 0.2) is 0 Å². The highest BCUT2D eigenvalue weighted by molar-refractivity contribution is 5.79. The molecule has 0 fully saturated rings. The van der Waals surface area contributed by atoms with Crippen LogP contribution in [-0.4, -0.2) is 25.7 Å². The number of hydrogen-bond donors (Lipinski definition) is 0. The quantitative estimate of drug-likeness (QED) is 0.669. The van der Waals surface area contributed by atoms with E-state index < -0.39 is 0 Å². The molecule has 3 aromatic rings. The Morgan fingerprint density at radius 1 is 1.30 bits per heavy atom. The second-order valence-electron chi connectivity index (χ2n) is 7.16. The first-order valence-electron chi connectivity index (χ1n) is 9.28. The number of rotatable bonds is 6. The number of carbonyl (C=O) groups is 1. The van der Waals surface area contributed by atoms with E-state index in [9.17, 15) is 4.79 Å². The highest BCUT2D eigenvalue weighted by atomic mass is 16.5. The molecule has 0 unspecified atom stereocenters. The van der Waals surface area contributed by atoms with Gasteiger partial charge in [0.2, 0.25) is 5.91 Å². The number of nitrogens with zero attached hydrogens (tertiary/aromatic N) is 4. The van der Waals surface area contributed by atoms with Crippen molar-refractivity contribution in [2.24, 2.45) is 7.05 Å². The maximum absolute atomic E-state index is 13.1. The monoisotopic (exact) mass is 368 g/mol. The fourth-order valence-corrected chi connectivity index (χ4v) is 3.85. The standard InChI is InChI=1S/C20H24N4O3/c1-13-17(14(2)27-22-13)10-20(25)24(11-15-6-5-9-26-15)12-18-16-7-4-8-19(16)23(3)21-18/h5-6,9H,4,7-8,10-12H2,1-3H3. The molecule has 0 saturated carbocycles. The number of furan rings is 1. The Balaban J connectivity index is 1.59. The lowest BCUT2D eigenvalue weighted by Gasteiger charge is -2.21. The summed E-state index contributed by atoms with van der Waals surface area (Å²) in [5.41, 5.74) is 5.20. The van der Waals surface area contributed by atoms with Gasteiger partial charge in [-0.05, 0) is 50.8 Å². The summed E-state index contributed by atoms with van der Waals surface area (Å²) in [7, 11) is 1.98. The molecule has 0 radical (unpaired) electrons. The molecule has 3 heterocycles. The van der Waals surface area contributed by atoms with Crippen LogP contribution in [0.5, 0.6) is 0 Å². The average molecular weight is 368 g/mol. The van der Waals surface area contributed by atoms with Crippen molar-refractivity contribution in [2.45, 2.75) is 52.6 Å². The topological polar surface area (TPSA) is 77.3 Å². The van der Waals surface area contributed by atoms with Crippen LogP contribution in [0.1, 0.15) is 46.2 Å². The zero-order valence-corrected chi connectivity index (χ0v) is 16.0. The lowest BCUT2D eigenvalue weighted by Crippen LogP contribution is -2.32. The molecule has 7 nitrogen and oxygen atoms in total. The molecule has 0 atom stereocenters. The molecule has 142 valence electrons. The molecule has 27 heavy (non-hydrogen) atoms. The Morgan fingerprint density at radius 2 is 2.15 bits per heavy atom. The first-order valence-corrected chi connectivity index (χ1v) is 9.28. The first kappa shape index (κ1) is 17.6. The van der Waals surface area contributed by atoms with Gasteiger partial charge >= 0.3 is 0 Å². The van der Waals surface area contributed by atoms with Crippen LogP contribution in [0.25, 0.3) is 0 Å². The minimum atomic E-state index is 0.0122. The summed E-state index contributed by atoms with van der Waals surface area (Å²) in [6.07, 6.45) is 5.14. The average Bonchev–Trinajstić information content (AvgIpc) is 3.40. The molecule has 0 aliphatic heterocycles. The highest BCUT2D eigenvalue weighted by Gasteiger charge is 2.25. The van der Waals surface area contributed by atoms with E-state index in [2.05, 4.69) is 10.3 Å². The molecule has 4 rings (SSSR count). The van der Waals surface area contributed by atoms with E-state index in [1.807, 2.05) is 42.6 Å². The molecule has 1 aliphatic carbocycles. The van der Waals surface area contributed by atoms with E-state index >= 15 is 0 Å². The molecule has 0 aromatic carbocycles. The van der Waals surface area contributed by atoms with Crippen LogP contribution in [0.2, 0.25) is 0 Å². The fourth-order valence-electron chi connectivity index (χ4n) is 3.85. The largest absolute Gasteiger partial charge is 0.467 e. The number of hydrogen-bond acceptors (Lipinski definition) is 5. The Bertz CT molecular complexity index is 933. The number of carbonyl (C=O) groups excluding carboxylic acids is 1. The summed E-state index contributed by atoms with van der Waals surface area (Å²) in [4.78, 5) is 14.9. The molecule has 1 aliphatic rings. The van der Waals surface area contributed by atoms with Gasteiger partial charge in [-0.25, -0.2) is 0 Å². The van der Waals surface area contributed by atoms with E-state index in [0.717, 1.165) is 42.0 Å². The maximum Gasteiger partial charge on any atom is 0.227 e.